The lowest BCUT2D eigenvalue weighted by Crippen LogP contribution is -2.36. The van der Waals surface area contributed by atoms with E-state index in [0.717, 1.165) is 30.6 Å². The summed E-state index contributed by atoms with van der Waals surface area (Å²) in [6.07, 6.45) is 1.90. The summed E-state index contributed by atoms with van der Waals surface area (Å²) in [5.41, 5.74) is 7.39. The Labute approximate surface area is 126 Å². The normalized spacial score (nSPS) is 17.7. The highest BCUT2D eigenvalue weighted by Gasteiger charge is 2.24. The van der Waals surface area contributed by atoms with Crippen LogP contribution >= 0.6 is 0 Å². The molecule has 1 saturated heterocycles. The van der Waals surface area contributed by atoms with Crippen LogP contribution in [-0.4, -0.2) is 37.6 Å². The second-order valence-corrected chi connectivity index (χ2v) is 5.31. The first-order valence-electron chi connectivity index (χ1n) is 7.31. The number of hydrogen-bond donors (Lipinski definition) is 1. The Morgan fingerprint density at radius 1 is 1.43 bits per heavy atom. The first kappa shape index (κ1) is 15.6. The molecule has 1 aliphatic rings. The molecular formula is C17H22N2O2. The zero-order chi connectivity index (χ0) is 15.1. The Kier molecular flexibility index (Phi) is 5.79. The van der Waals surface area contributed by atoms with Gasteiger partial charge in [-0.1, -0.05) is 24.0 Å². The molecule has 0 bridgehead atoms. The minimum absolute atomic E-state index is 0.0124. The van der Waals surface area contributed by atoms with E-state index in [1.54, 1.807) is 4.90 Å². The predicted octanol–water partition coefficient (Wildman–Crippen LogP) is 1.38. The second-order valence-electron chi connectivity index (χ2n) is 5.31. The fraction of sp³-hybridized carbons (Fsp3) is 0.471. The molecule has 0 saturated carbocycles. The Bertz CT molecular complexity index is 522. The molecule has 1 aliphatic heterocycles. The van der Waals surface area contributed by atoms with Crippen molar-refractivity contribution >= 4 is 5.91 Å². The lowest BCUT2D eigenvalue weighted by molar-refractivity contribution is -0.138. The van der Waals surface area contributed by atoms with Gasteiger partial charge in [0.05, 0.1) is 19.1 Å². The fourth-order valence-electron chi connectivity index (χ4n) is 2.45. The average molecular weight is 286 g/mol. The number of carbonyl (C=O) groups is 1. The van der Waals surface area contributed by atoms with Crippen LogP contribution < -0.4 is 5.73 Å². The second kappa shape index (κ2) is 7.82. The monoisotopic (exact) mass is 286 g/mol. The molecule has 2 N–H and O–H groups in total. The van der Waals surface area contributed by atoms with Gasteiger partial charge >= 0.3 is 0 Å². The van der Waals surface area contributed by atoms with Crippen molar-refractivity contribution in [1.82, 2.24) is 4.90 Å². The number of nitrogens with two attached hydrogens (primary N) is 1. The molecule has 1 aromatic carbocycles. The Morgan fingerprint density at radius 2 is 2.19 bits per heavy atom. The van der Waals surface area contributed by atoms with Crippen molar-refractivity contribution < 1.29 is 9.53 Å². The number of rotatable bonds is 3. The quantitative estimate of drug-likeness (QED) is 0.854. The summed E-state index contributed by atoms with van der Waals surface area (Å²) in [6, 6.07) is 7.92. The van der Waals surface area contributed by atoms with Crippen molar-refractivity contribution in [2.24, 2.45) is 11.7 Å². The summed E-state index contributed by atoms with van der Waals surface area (Å²) in [4.78, 5) is 14.1. The fourth-order valence-corrected chi connectivity index (χ4v) is 2.45. The molecule has 1 fully saturated rings. The van der Waals surface area contributed by atoms with E-state index in [9.17, 15) is 4.79 Å². The SMILES string of the molecule is CN(Cc1ccc(C#CCN)cc1)C(=O)C1CCCOC1. The van der Waals surface area contributed by atoms with Crippen molar-refractivity contribution in [3.8, 4) is 11.8 Å². The predicted molar refractivity (Wildman–Crippen MR) is 82.4 cm³/mol. The third-order valence-electron chi connectivity index (χ3n) is 3.59. The summed E-state index contributed by atoms with van der Waals surface area (Å²) in [6.45, 7) is 2.30. The zero-order valence-electron chi connectivity index (χ0n) is 12.5. The molecule has 1 unspecified atom stereocenters. The van der Waals surface area contributed by atoms with Gasteiger partial charge in [-0.2, -0.15) is 0 Å². The molecule has 0 aromatic heterocycles. The van der Waals surface area contributed by atoms with Gasteiger partial charge in [-0.15, -0.1) is 0 Å². The summed E-state index contributed by atoms with van der Waals surface area (Å²) < 4.78 is 5.38. The first-order valence-corrected chi connectivity index (χ1v) is 7.31. The van der Waals surface area contributed by atoms with Crippen LogP contribution in [0.15, 0.2) is 24.3 Å². The molecule has 21 heavy (non-hydrogen) atoms. The summed E-state index contributed by atoms with van der Waals surface area (Å²) in [7, 11) is 1.85. The maximum Gasteiger partial charge on any atom is 0.228 e. The van der Waals surface area contributed by atoms with Gasteiger partial charge in [0.2, 0.25) is 5.91 Å². The molecule has 1 heterocycles. The Morgan fingerprint density at radius 3 is 2.81 bits per heavy atom. The molecule has 0 aliphatic carbocycles. The van der Waals surface area contributed by atoms with Gasteiger partial charge in [0.1, 0.15) is 0 Å². The molecule has 0 radical (unpaired) electrons. The number of benzene rings is 1. The third kappa shape index (κ3) is 4.59. The minimum atomic E-state index is 0.0124. The van der Waals surface area contributed by atoms with Gasteiger partial charge < -0.3 is 15.4 Å². The van der Waals surface area contributed by atoms with Crippen LogP contribution in [0, 0.1) is 17.8 Å². The molecule has 112 valence electrons. The van der Waals surface area contributed by atoms with Gasteiger partial charge in [-0.25, -0.2) is 0 Å². The molecule has 4 heteroatoms. The van der Waals surface area contributed by atoms with E-state index < -0.39 is 0 Å². The van der Waals surface area contributed by atoms with Crippen LogP contribution in [0.2, 0.25) is 0 Å². The Hall–Kier alpha value is -1.83. The minimum Gasteiger partial charge on any atom is -0.381 e. The number of nitrogens with zero attached hydrogens (tertiary/aromatic N) is 1. The van der Waals surface area contributed by atoms with E-state index in [1.165, 1.54) is 0 Å². The summed E-state index contributed by atoms with van der Waals surface area (Å²) >= 11 is 0. The van der Waals surface area contributed by atoms with Crippen LogP contribution in [0.1, 0.15) is 24.0 Å². The topological polar surface area (TPSA) is 55.6 Å². The Balaban J connectivity index is 1.92. The number of ether oxygens (including phenoxy) is 1. The third-order valence-corrected chi connectivity index (χ3v) is 3.59. The standard InChI is InChI=1S/C17H22N2O2/c1-19(17(20)16-5-3-11-21-13-16)12-15-8-6-14(7-9-15)4-2-10-18/h6-9,16H,3,5,10-13,18H2,1H3. The van der Waals surface area contributed by atoms with Crippen molar-refractivity contribution in [1.29, 1.82) is 0 Å². The summed E-state index contributed by atoms with van der Waals surface area (Å²) in [5.74, 6) is 5.99. The molecule has 4 nitrogen and oxygen atoms in total. The van der Waals surface area contributed by atoms with Gasteiger partial charge in [0, 0.05) is 25.8 Å². The van der Waals surface area contributed by atoms with E-state index in [2.05, 4.69) is 11.8 Å². The lowest BCUT2D eigenvalue weighted by atomic mass is 10.0. The molecule has 1 amide bonds. The molecule has 2 rings (SSSR count). The van der Waals surface area contributed by atoms with Gasteiger partial charge in [-0.05, 0) is 30.5 Å². The highest BCUT2D eigenvalue weighted by atomic mass is 16.5. The largest absolute Gasteiger partial charge is 0.381 e. The van der Waals surface area contributed by atoms with Crippen molar-refractivity contribution in [2.45, 2.75) is 19.4 Å². The molecule has 1 aromatic rings. The molecular weight excluding hydrogens is 264 g/mol. The van der Waals surface area contributed by atoms with Crippen molar-refractivity contribution in [3.05, 3.63) is 35.4 Å². The van der Waals surface area contributed by atoms with Crippen molar-refractivity contribution in [2.75, 3.05) is 26.8 Å². The first-order chi connectivity index (χ1) is 10.2. The van der Waals surface area contributed by atoms with E-state index in [0.29, 0.717) is 19.7 Å². The smallest absolute Gasteiger partial charge is 0.228 e. The van der Waals surface area contributed by atoms with Crippen molar-refractivity contribution in [3.63, 3.8) is 0 Å². The summed E-state index contributed by atoms with van der Waals surface area (Å²) in [5, 5.41) is 0. The van der Waals surface area contributed by atoms with Gasteiger partial charge in [0.15, 0.2) is 0 Å². The van der Waals surface area contributed by atoms with E-state index in [-0.39, 0.29) is 11.8 Å². The van der Waals surface area contributed by atoms with Crippen LogP contribution in [0.4, 0.5) is 0 Å². The maximum absolute atomic E-state index is 12.3. The maximum atomic E-state index is 12.3. The van der Waals surface area contributed by atoms with Crippen LogP contribution in [0.25, 0.3) is 0 Å². The zero-order valence-corrected chi connectivity index (χ0v) is 12.5. The average Bonchev–Trinajstić information content (AvgIpc) is 2.54. The van der Waals surface area contributed by atoms with Crippen LogP contribution in [0.3, 0.4) is 0 Å². The number of amides is 1. The molecule has 0 spiro atoms. The van der Waals surface area contributed by atoms with E-state index in [1.807, 2.05) is 31.3 Å². The number of hydrogen-bond acceptors (Lipinski definition) is 3. The van der Waals surface area contributed by atoms with E-state index >= 15 is 0 Å². The molecule has 1 atom stereocenters. The highest BCUT2D eigenvalue weighted by molar-refractivity contribution is 5.78. The van der Waals surface area contributed by atoms with E-state index in [4.69, 9.17) is 10.5 Å². The van der Waals surface area contributed by atoms with Gasteiger partial charge in [-0.3, -0.25) is 4.79 Å². The van der Waals surface area contributed by atoms with Gasteiger partial charge in [0.25, 0.3) is 0 Å². The number of carbonyl (C=O) groups excluding carboxylic acids is 1. The van der Waals surface area contributed by atoms with Crippen LogP contribution in [-0.2, 0) is 16.1 Å². The van der Waals surface area contributed by atoms with Crippen LogP contribution in [0.5, 0.6) is 0 Å². The lowest BCUT2D eigenvalue weighted by Gasteiger charge is -2.26. The highest BCUT2D eigenvalue weighted by Crippen LogP contribution is 2.17.